The fourth-order valence-corrected chi connectivity index (χ4v) is 7.77. The Morgan fingerprint density at radius 3 is 2.45 bits per heavy atom. The van der Waals surface area contributed by atoms with Crippen molar-refractivity contribution in [1.29, 1.82) is 0 Å². The Labute approximate surface area is 173 Å². The van der Waals surface area contributed by atoms with E-state index < -0.39 is 34.1 Å². The summed E-state index contributed by atoms with van der Waals surface area (Å²) in [5, 5.41) is 23.3. The van der Waals surface area contributed by atoms with Crippen LogP contribution in [-0.2, 0) is 19.1 Å². The molecule has 1 heterocycles. The number of aliphatic hydroxyl groups is 2. The molecule has 6 heteroatoms. The maximum atomic E-state index is 14.1. The Morgan fingerprint density at radius 2 is 1.90 bits per heavy atom. The van der Waals surface area contributed by atoms with Crippen molar-refractivity contribution in [2.75, 3.05) is 6.61 Å². The maximum Gasteiger partial charge on any atom is 0.303 e. The van der Waals surface area contributed by atoms with E-state index in [9.17, 15) is 19.8 Å². The van der Waals surface area contributed by atoms with Gasteiger partial charge < -0.3 is 19.7 Å². The fourth-order valence-electron chi connectivity index (χ4n) is 7.77. The van der Waals surface area contributed by atoms with Crippen LogP contribution in [0.4, 0.5) is 0 Å². The number of fused-ring (bicyclic) bond motifs is 5. The third-order valence-electron chi connectivity index (χ3n) is 9.54. The average Bonchev–Trinajstić information content (AvgIpc) is 2.58. The molecule has 4 aliphatic rings. The lowest BCUT2D eigenvalue weighted by Crippen LogP contribution is -2.78. The number of ether oxygens (including phenoxy) is 2. The molecule has 0 aromatic rings. The molecular weight excluding hydrogens is 372 g/mol. The second kappa shape index (κ2) is 6.27. The third kappa shape index (κ3) is 2.45. The third-order valence-corrected chi connectivity index (χ3v) is 9.54. The molecule has 3 saturated carbocycles. The SMILES string of the molecule is CC(=O)OC12C[C@]3(O)CCC(C)C(C(C)C(=O)[C@]1(C)[C@@H](O)CC1OC[C@H]12)C3(C)C. The number of hydrogen-bond donors (Lipinski definition) is 2. The number of hydrogen-bond acceptors (Lipinski definition) is 6. The van der Waals surface area contributed by atoms with Crippen molar-refractivity contribution in [3.8, 4) is 0 Å². The monoisotopic (exact) mass is 408 g/mol. The lowest BCUT2D eigenvalue weighted by molar-refractivity contribution is -0.319. The van der Waals surface area contributed by atoms with Gasteiger partial charge in [0.05, 0.1) is 29.8 Å². The molecule has 0 aromatic carbocycles. The fraction of sp³-hybridized carbons (Fsp3) is 0.913. The minimum atomic E-state index is -1.28. The van der Waals surface area contributed by atoms with Crippen molar-refractivity contribution in [3.05, 3.63) is 0 Å². The highest BCUT2D eigenvalue weighted by Crippen LogP contribution is 2.65. The minimum absolute atomic E-state index is 0.0107. The van der Waals surface area contributed by atoms with E-state index in [-0.39, 0.29) is 42.0 Å². The zero-order valence-electron chi connectivity index (χ0n) is 18.5. The van der Waals surface area contributed by atoms with Crippen LogP contribution in [0.15, 0.2) is 0 Å². The molecule has 4 fully saturated rings. The van der Waals surface area contributed by atoms with Gasteiger partial charge in [0.1, 0.15) is 11.4 Å². The average molecular weight is 409 g/mol. The number of aliphatic hydroxyl groups excluding tert-OH is 1. The Balaban J connectivity index is 1.97. The van der Waals surface area contributed by atoms with E-state index in [1.165, 1.54) is 6.92 Å². The van der Waals surface area contributed by atoms with Gasteiger partial charge in [-0.1, -0.05) is 27.7 Å². The zero-order chi connectivity index (χ0) is 21.6. The van der Waals surface area contributed by atoms with Gasteiger partial charge in [0.25, 0.3) is 0 Å². The molecule has 9 atom stereocenters. The zero-order valence-corrected chi connectivity index (χ0v) is 18.5. The Kier molecular flexibility index (Phi) is 4.60. The minimum Gasteiger partial charge on any atom is -0.457 e. The van der Waals surface area contributed by atoms with Gasteiger partial charge in [0.15, 0.2) is 0 Å². The number of carbonyl (C=O) groups is 2. The predicted molar refractivity (Wildman–Crippen MR) is 106 cm³/mol. The topological polar surface area (TPSA) is 93.1 Å². The predicted octanol–water partition coefficient (Wildman–Crippen LogP) is 2.49. The van der Waals surface area contributed by atoms with Gasteiger partial charge in [-0.2, -0.15) is 0 Å². The molecule has 0 aromatic heterocycles. The Morgan fingerprint density at radius 1 is 1.24 bits per heavy atom. The van der Waals surface area contributed by atoms with Crippen molar-refractivity contribution in [3.63, 3.8) is 0 Å². The molecule has 3 aliphatic carbocycles. The molecule has 29 heavy (non-hydrogen) atoms. The maximum absolute atomic E-state index is 14.1. The normalized spacial score (nSPS) is 53.6. The van der Waals surface area contributed by atoms with E-state index in [0.717, 1.165) is 6.42 Å². The standard InChI is InChI=1S/C23H36O6/c1-12-7-8-22(27)11-23(29-14(3)24)15-10-28-16(15)9-17(25)21(23,6)19(26)13(2)18(12)20(22,4)5/h12-13,15-18,25,27H,7-11H2,1-6H3/t12?,13?,15-,16?,17+,18?,21+,22-,23?/m1/s1. The Bertz CT molecular complexity index is 733. The van der Waals surface area contributed by atoms with Gasteiger partial charge in [-0.05, 0) is 37.0 Å². The number of carbonyl (C=O) groups excluding carboxylic acids is 2. The van der Waals surface area contributed by atoms with Crippen LogP contribution in [0.5, 0.6) is 0 Å². The summed E-state index contributed by atoms with van der Waals surface area (Å²) in [6, 6.07) is 0. The largest absolute Gasteiger partial charge is 0.457 e. The highest BCUT2D eigenvalue weighted by molar-refractivity contribution is 5.90. The molecule has 2 bridgehead atoms. The van der Waals surface area contributed by atoms with Crippen molar-refractivity contribution in [2.24, 2.45) is 34.5 Å². The molecular formula is C23H36O6. The molecule has 0 amide bonds. The van der Waals surface area contributed by atoms with E-state index >= 15 is 0 Å². The summed E-state index contributed by atoms with van der Waals surface area (Å²) in [5.41, 5.74) is -4.19. The molecule has 4 rings (SSSR count). The molecule has 2 N–H and O–H groups in total. The van der Waals surface area contributed by atoms with Crippen LogP contribution in [0.2, 0.25) is 0 Å². The first kappa shape index (κ1) is 21.3. The lowest BCUT2D eigenvalue weighted by atomic mass is 9.41. The van der Waals surface area contributed by atoms with E-state index in [1.54, 1.807) is 6.92 Å². The molecule has 1 saturated heterocycles. The molecule has 6 nitrogen and oxygen atoms in total. The van der Waals surface area contributed by atoms with Crippen LogP contribution in [0.1, 0.15) is 67.2 Å². The second-order valence-corrected chi connectivity index (χ2v) is 11.0. The first-order valence-corrected chi connectivity index (χ1v) is 11.1. The van der Waals surface area contributed by atoms with E-state index in [1.807, 2.05) is 6.92 Å². The number of ketones is 1. The van der Waals surface area contributed by atoms with Crippen LogP contribution in [-0.4, -0.2) is 52.0 Å². The molecule has 0 spiro atoms. The molecule has 0 radical (unpaired) electrons. The summed E-state index contributed by atoms with van der Waals surface area (Å²) >= 11 is 0. The van der Waals surface area contributed by atoms with Crippen molar-refractivity contribution in [1.82, 2.24) is 0 Å². The van der Waals surface area contributed by atoms with Crippen LogP contribution in [0.3, 0.4) is 0 Å². The highest BCUT2D eigenvalue weighted by atomic mass is 16.6. The highest BCUT2D eigenvalue weighted by Gasteiger charge is 2.75. The van der Waals surface area contributed by atoms with Gasteiger partial charge in [0.2, 0.25) is 0 Å². The summed E-state index contributed by atoms with van der Waals surface area (Å²) < 4.78 is 11.8. The van der Waals surface area contributed by atoms with E-state index in [0.29, 0.717) is 19.4 Å². The van der Waals surface area contributed by atoms with Gasteiger partial charge in [0, 0.05) is 31.6 Å². The van der Waals surface area contributed by atoms with Gasteiger partial charge in [-0.3, -0.25) is 9.59 Å². The molecule has 164 valence electrons. The number of Topliss-reactive ketones (excluding diaryl/α,β-unsaturated/α-hetero) is 1. The van der Waals surface area contributed by atoms with Crippen molar-refractivity contribution in [2.45, 2.75) is 90.6 Å². The van der Waals surface area contributed by atoms with Crippen molar-refractivity contribution >= 4 is 11.8 Å². The number of esters is 1. The molecule has 1 aliphatic heterocycles. The van der Waals surface area contributed by atoms with Crippen molar-refractivity contribution < 1.29 is 29.3 Å². The first-order chi connectivity index (χ1) is 13.3. The quantitative estimate of drug-likeness (QED) is 0.648. The van der Waals surface area contributed by atoms with E-state index in [2.05, 4.69) is 20.8 Å². The molecule has 5 unspecified atom stereocenters. The van der Waals surface area contributed by atoms with Crippen LogP contribution in [0, 0.1) is 34.5 Å². The summed E-state index contributed by atoms with van der Waals surface area (Å²) in [5.74, 6) is -0.825. The van der Waals surface area contributed by atoms with Gasteiger partial charge in [-0.25, -0.2) is 0 Å². The van der Waals surface area contributed by atoms with Crippen LogP contribution >= 0.6 is 0 Å². The van der Waals surface area contributed by atoms with Gasteiger partial charge >= 0.3 is 5.97 Å². The summed E-state index contributed by atoms with van der Waals surface area (Å²) in [4.78, 5) is 26.4. The second-order valence-electron chi connectivity index (χ2n) is 11.0. The smallest absolute Gasteiger partial charge is 0.303 e. The summed E-state index contributed by atoms with van der Waals surface area (Å²) in [6.45, 7) is 11.7. The number of rotatable bonds is 1. The summed E-state index contributed by atoms with van der Waals surface area (Å²) in [7, 11) is 0. The van der Waals surface area contributed by atoms with Crippen LogP contribution in [0.25, 0.3) is 0 Å². The van der Waals surface area contributed by atoms with Crippen LogP contribution < -0.4 is 0 Å². The Hall–Kier alpha value is -0.980. The summed E-state index contributed by atoms with van der Waals surface area (Å²) in [6.07, 6.45) is 0.676. The first-order valence-electron chi connectivity index (χ1n) is 11.1. The lowest BCUT2D eigenvalue weighted by Gasteiger charge is -2.68. The van der Waals surface area contributed by atoms with Gasteiger partial charge in [-0.15, -0.1) is 0 Å². The van der Waals surface area contributed by atoms with E-state index in [4.69, 9.17) is 9.47 Å².